The minimum atomic E-state index is -0.541. The molecule has 1 aromatic rings. The molecule has 2 amide bonds. The number of para-hydroxylation sites is 1. The van der Waals surface area contributed by atoms with E-state index in [1.165, 1.54) is 0 Å². The third-order valence-corrected chi connectivity index (χ3v) is 3.46. The molecule has 1 heterocycles. The third kappa shape index (κ3) is 5.25. The highest BCUT2D eigenvalue weighted by molar-refractivity contribution is 5.91. The molecule has 1 atom stereocenters. The molecule has 0 aliphatic carbocycles. The molecule has 6 heteroatoms. The highest BCUT2D eigenvalue weighted by Gasteiger charge is 2.25. The Hall–Kier alpha value is -2.08. The van der Waals surface area contributed by atoms with Crippen LogP contribution in [0.5, 0.6) is 0 Å². The van der Waals surface area contributed by atoms with E-state index in [9.17, 15) is 14.7 Å². The van der Waals surface area contributed by atoms with Gasteiger partial charge in [0.1, 0.15) is 5.60 Å². The average molecular weight is 320 g/mol. The fourth-order valence-corrected chi connectivity index (χ4v) is 2.45. The van der Waals surface area contributed by atoms with Gasteiger partial charge >= 0.3 is 12.0 Å². The van der Waals surface area contributed by atoms with Gasteiger partial charge in [0.2, 0.25) is 0 Å². The van der Waals surface area contributed by atoms with Crippen LogP contribution < -0.4 is 5.32 Å². The third-order valence-electron chi connectivity index (χ3n) is 3.46. The van der Waals surface area contributed by atoms with Crippen molar-refractivity contribution in [3.8, 4) is 0 Å². The van der Waals surface area contributed by atoms with Crippen LogP contribution in [0.1, 0.15) is 32.8 Å². The lowest BCUT2D eigenvalue weighted by molar-refractivity contribution is -0.153. The van der Waals surface area contributed by atoms with Gasteiger partial charge in [-0.05, 0) is 38.8 Å². The Morgan fingerprint density at radius 2 is 2.04 bits per heavy atom. The number of nitrogens with zero attached hydrogens (tertiary/aromatic N) is 1. The van der Waals surface area contributed by atoms with E-state index < -0.39 is 11.7 Å². The quantitative estimate of drug-likeness (QED) is 0.837. The van der Waals surface area contributed by atoms with Crippen molar-refractivity contribution in [2.75, 3.05) is 18.4 Å². The van der Waals surface area contributed by atoms with E-state index in [2.05, 4.69) is 5.32 Å². The smallest absolute Gasteiger partial charge is 0.321 e. The largest absolute Gasteiger partial charge is 0.460 e. The molecule has 1 unspecified atom stereocenters. The zero-order valence-corrected chi connectivity index (χ0v) is 13.8. The second kappa shape index (κ2) is 7.00. The molecule has 6 nitrogen and oxygen atoms in total. The van der Waals surface area contributed by atoms with Crippen LogP contribution in [0.2, 0.25) is 0 Å². The van der Waals surface area contributed by atoms with Crippen molar-refractivity contribution < 1.29 is 19.4 Å². The van der Waals surface area contributed by atoms with Crippen molar-refractivity contribution in [3.05, 3.63) is 29.8 Å². The number of hydrogen-bond donors (Lipinski definition) is 2. The number of β-amino-alcohol motifs (C(OH)–C–C–N with tert-alkyl or cyclic N) is 1. The number of carbonyl (C=O) groups excluding carboxylic acids is 2. The summed E-state index contributed by atoms with van der Waals surface area (Å²) in [5.41, 5.74) is 0.751. The molecule has 23 heavy (non-hydrogen) atoms. The Labute approximate surface area is 136 Å². The van der Waals surface area contributed by atoms with E-state index in [0.29, 0.717) is 30.8 Å². The van der Waals surface area contributed by atoms with E-state index >= 15 is 0 Å². The van der Waals surface area contributed by atoms with E-state index in [4.69, 9.17) is 4.74 Å². The molecule has 1 fully saturated rings. The summed E-state index contributed by atoms with van der Waals surface area (Å²) in [6, 6.07) is 6.89. The fraction of sp³-hybridized carbons (Fsp3) is 0.529. The van der Waals surface area contributed by atoms with Gasteiger partial charge in [-0.15, -0.1) is 0 Å². The first-order valence-electron chi connectivity index (χ1n) is 7.78. The Bertz CT molecular complexity index is 580. The molecule has 126 valence electrons. The summed E-state index contributed by atoms with van der Waals surface area (Å²) in [5, 5.41) is 12.3. The van der Waals surface area contributed by atoms with Gasteiger partial charge in [0, 0.05) is 18.8 Å². The summed E-state index contributed by atoms with van der Waals surface area (Å²) in [5.74, 6) is -0.337. The van der Waals surface area contributed by atoms with Gasteiger partial charge in [-0.25, -0.2) is 4.79 Å². The molecule has 0 radical (unpaired) electrons. The molecule has 1 aliphatic heterocycles. The number of aliphatic hydroxyl groups excluding tert-OH is 1. The van der Waals surface area contributed by atoms with Crippen LogP contribution in [-0.2, 0) is 16.0 Å². The lowest BCUT2D eigenvalue weighted by Crippen LogP contribution is -2.34. The first kappa shape index (κ1) is 17.3. The van der Waals surface area contributed by atoms with Crippen molar-refractivity contribution in [1.29, 1.82) is 0 Å². The molecule has 1 aliphatic rings. The number of esters is 1. The number of ether oxygens (including phenoxy) is 1. The summed E-state index contributed by atoms with van der Waals surface area (Å²) in [6.07, 6.45) is 0.223. The number of likely N-dealkylation sites (tertiary alicyclic amines) is 1. The van der Waals surface area contributed by atoms with Crippen LogP contribution >= 0.6 is 0 Å². The van der Waals surface area contributed by atoms with Gasteiger partial charge in [0.15, 0.2) is 0 Å². The number of hydrogen-bond acceptors (Lipinski definition) is 4. The molecular formula is C17H24N2O4. The highest BCUT2D eigenvalue weighted by Crippen LogP contribution is 2.19. The van der Waals surface area contributed by atoms with Gasteiger partial charge < -0.3 is 20.1 Å². The predicted octanol–water partition coefficient (Wildman–Crippen LogP) is 2.17. The minimum Gasteiger partial charge on any atom is -0.460 e. The number of rotatable bonds is 3. The first-order valence-corrected chi connectivity index (χ1v) is 7.78. The van der Waals surface area contributed by atoms with Crippen molar-refractivity contribution in [2.24, 2.45) is 0 Å². The Morgan fingerprint density at radius 1 is 1.35 bits per heavy atom. The topological polar surface area (TPSA) is 78.9 Å². The molecule has 0 saturated carbocycles. The lowest BCUT2D eigenvalue weighted by Gasteiger charge is -2.21. The number of benzene rings is 1. The molecule has 0 spiro atoms. The average Bonchev–Trinajstić information content (AvgIpc) is 2.85. The van der Waals surface area contributed by atoms with Crippen molar-refractivity contribution >= 4 is 17.7 Å². The Morgan fingerprint density at radius 3 is 2.65 bits per heavy atom. The van der Waals surface area contributed by atoms with Crippen molar-refractivity contribution in [2.45, 2.75) is 45.3 Å². The number of carbonyl (C=O) groups is 2. The monoisotopic (exact) mass is 320 g/mol. The van der Waals surface area contributed by atoms with Crippen LogP contribution in [0.15, 0.2) is 24.3 Å². The van der Waals surface area contributed by atoms with Gasteiger partial charge in [0.05, 0.1) is 12.5 Å². The van der Waals surface area contributed by atoms with Crippen LogP contribution in [0.25, 0.3) is 0 Å². The predicted molar refractivity (Wildman–Crippen MR) is 87.2 cm³/mol. The molecule has 2 rings (SSSR count). The number of anilines is 1. The van der Waals surface area contributed by atoms with Crippen LogP contribution in [0.4, 0.5) is 10.5 Å². The molecule has 0 bridgehead atoms. The maximum absolute atomic E-state index is 12.2. The van der Waals surface area contributed by atoms with Crippen molar-refractivity contribution in [1.82, 2.24) is 4.90 Å². The van der Waals surface area contributed by atoms with Crippen LogP contribution in [0.3, 0.4) is 0 Å². The van der Waals surface area contributed by atoms with E-state index in [1.807, 2.05) is 26.8 Å². The summed E-state index contributed by atoms with van der Waals surface area (Å²) < 4.78 is 5.32. The highest BCUT2D eigenvalue weighted by atomic mass is 16.6. The number of amides is 2. The van der Waals surface area contributed by atoms with E-state index in [1.54, 1.807) is 23.1 Å². The lowest BCUT2D eigenvalue weighted by atomic mass is 10.1. The zero-order chi connectivity index (χ0) is 17.0. The van der Waals surface area contributed by atoms with Crippen LogP contribution in [0, 0.1) is 0 Å². The summed E-state index contributed by atoms with van der Waals surface area (Å²) in [4.78, 5) is 25.8. The number of aliphatic hydroxyl groups is 1. The number of urea groups is 1. The van der Waals surface area contributed by atoms with E-state index in [0.717, 1.165) is 0 Å². The molecular weight excluding hydrogens is 296 g/mol. The standard InChI is InChI=1S/C17H24N2O4/c1-17(2,3)23-15(21)10-12-6-4-5-7-14(12)18-16(22)19-9-8-13(20)11-19/h4-7,13,20H,8-11H2,1-3H3,(H,18,22). The minimum absolute atomic E-state index is 0.0936. The maximum atomic E-state index is 12.2. The zero-order valence-electron chi connectivity index (χ0n) is 13.8. The molecule has 1 aromatic carbocycles. The molecule has 2 N–H and O–H groups in total. The normalized spacial score (nSPS) is 17.9. The van der Waals surface area contributed by atoms with Gasteiger partial charge in [0.25, 0.3) is 0 Å². The second-order valence-electron chi connectivity index (χ2n) is 6.74. The second-order valence-corrected chi connectivity index (χ2v) is 6.74. The van der Waals surface area contributed by atoms with Gasteiger partial charge in [-0.1, -0.05) is 18.2 Å². The van der Waals surface area contributed by atoms with Gasteiger partial charge in [-0.2, -0.15) is 0 Å². The van der Waals surface area contributed by atoms with Gasteiger partial charge in [-0.3, -0.25) is 4.79 Å². The van der Waals surface area contributed by atoms with Crippen LogP contribution in [-0.4, -0.2) is 46.8 Å². The number of nitrogens with one attached hydrogen (secondary N) is 1. The fourth-order valence-electron chi connectivity index (χ4n) is 2.45. The summed E-state index contributed by atoms with van der Waals surface area (Å²) in [7, 11) is 0. The maximum Gasteiger partial charge on any atom is 0.321 e. The first-order chi connectivity index (χ1) is 10.7. The molecule has 1 saturated heterocycles. The SMILES string of the molecule is CC(C)(C)OC(=O)Cc1ccccc1NC(=O)N1CCC(O)C1. The Balaban J connectivity index is 2.02. The van der Waals surface area contributed by atoms with Crippen molar-refractivity contribution in [3.63, 3.8) is 0 Å². The van der Waals surface area contributed by atoms with E-state index in [-0.39, 0.29) is 18.4 Å². The summed E-state index contributed by atoms with van der Waals surface area (Å²) >= 11 is 0. The molecule has 0 aromatic heterocycles. The summed E-state index contributed by atoms with van der Waals surface area (Å²) in [6.45, 7) is 6.31. The Kier molecular flexibility index (Phi) is 5.26.